The molecule has 1 aromatic heterocycles. The van der Waals surface area contributed by atoms with E-state index in [4.69, 9.17) is 9.15 Å². The van der Waals surface area contributed by atoms with Crippen molar-refractivity contribution >= 4 is 17.7 Å². The highest BCUT2D eigenvalue weighted by molar-refractivity contribution is 5.94. The molecule has 0 unspecified atom stereocenters. The summed E-state index contributed by atoms with van der Waals surface area (Å²) in [6.45, 7) is 1.38. The van der Waals surface area contributed by atoms with Gasteiger partial charge in [0.15, 0.2) is 12.4 Å². The van der Waals surface area contributed by atoms with Crippen molar-refractivity contribution < 1.29 is 27.9 Å². The van der Waals surface area contributed by atoms with Crippen LogP contribution in [0.2, 0.25) is 0 Å². The van der Waals surface area contributed by atoms with Crippen molar-refractivity contribution in [3.63, 3.8) is 0 Å². The van der Waals surface area contributed by atoms with E-state index >= 15 is 0 Å². The smallest absolute Gasteiger partial charge is 0.374 e. The van der Waals surface area contributed by atoms with Gasteiger partial charge in [-0.25, -0.2) is 9.18 Å². The zero-order valence-electron chi connectivity index (χ0n) is 16.3. The monoisotopic (exact) mass is 409 g/mol. The highest BCUT2D eigenvalue weighted by Crippen LogP contribution is 2.23. The van der Waals surface area contributed by atoms with Crippen molar-refractivity contribution in [2.45, 2.75) is 13.3 Å². The van der Waals surface area contributed by atoms with E-state index in [1.807, 2.05) is 0 Å². The van der Waals surface area contributed by atoms with Gasteiger partial charge in [0.25, 0.3) is 5.91 Å². The predicted octanol–water partition coefficient (Wildman–Crippen LogP) is 3.80. The molecule has 0 bridgehead atoms. The van der Waals surface area contributed by atoms with Crippen LogP contribution in [0.25, 0.3) is 11.3 Å². The number of ether oxygens (including phenoxy) is 1. The molecule has 3 rings (SSSR count). The van der Waals surface area contributed by atoms with Crippen molar-refractivity contribution in [1.29, 1.82) is 0 Å². The molecule has 30 heavy (non-hydrogen) atoms. The molecule has 2 aromatic carbocycles. The van der Waals surface area contributed by atoms with Gasteiger partial charge in [0.1, 0.15) is 11.6 Å². The van der Waals surface area contributed by atoms with E-state index < -0.39 is 18.5 Å². The molecule has 3 aromatic rings. The third-order valence-electron chi connectivity index (χ3n) is 4.37. The van der Waals surface area contributed by atoms with E-state index in [0.29, 0.717) is 29.9 Å². The number of nitrogens with one attached hydrogen (secondary N) is 1. The maximum atomic E-state index is 12.9. The first-order valence-corrected chi connectivity index (χ1v) is 9.32. The number of esters is 1. The molecule has 0 atom stereocenters. The van der Waals surface area contributed by atoms with E-state index in [2.05, 4.69) is 5.32 Å². The summed E-state index contributed by atoms with van der Waals surface area (Å²) in [5, 5.41) is 2.63. The van der Waals surface area contributed by atoms with Crippen LogP contribution >= 0.6 is 0 Å². The van der Waals surface area contributed by atoms with Crippen LogP contribution in [0.5, 0.6) is 0 Å². The van der Waals surface area contributed by atoms with E-state index in [-0.39, 0.29) is 17.4 Å². The van der Waals surface area contributed by atoms with Crippen molar-refractivity contribution in [2.75, 3.05) is 13.2 Å². The minimum atomic E-state index is -0.754. The molecule has 7 heteroatoms. The zero-order chi connectivity index (χ0) is 21.5. The highest BCUT2D eigenvalue weighted by atomic mass is 19.1. The number of halogens is 1. The molecule has 0 saturated heterocycles. The average Bonchev–Trinajstić information content (AvgIpc) is 3.24. The number of benzene rings is 2. The number of Topliss-reactive ketones (excluding diaryl/α,β-unsaturated/α-hetero) is 1. The summed E-state index contributed by atoms with van der Waals surface area (Å²) in [7, 11) is 0. The van der Waals surface area contributed by atoms with Crippen LogP contribution in [0.3, 0.4) is 0 Å². The average molecular weight is 409 g/mol. The topological polar surface area (TPSA) is 85.6 Å². The molecule has 0 aliphatic rings. The minimum Gasteiger partial charge on any atom is -0.450 e. The fourth-order valence-electron chi connectivity index (χ4n) is 2.72. The van der Waals surface area contributed by atoms with Crippen LogP contribution in [0.4, 0.5) is 4.39 Å². The number of rotatable bonds is 8. The lowest BCUT2D eigenvalue weighted by molar-refractivity contribution is -0.124. The van der Waals surface area contributed by atoms with Crippen LogP contribution in [0, 0.1) is 5.82 Å². The van der Waals surface area contributed by atoms with Gasteiger partial charge in [0.05, 0.1) is 0 Å². The maximum Gasteiger partial charge on any atom is 0.374 e. The lowest BCUT2D eigenvalue weighted by atomic mass is 10.1. The second-order valence-electron chi connectivity index (χ2n) is 6.60. The fraction of sp³-hybridized carbons (Fsp3) is 0.174. The highest BCUT2D eigenvalue weighted by Gasteiger charge is 2.15. The van der Waals surface area contributed by atoms with Gasteiger partial charge in [-0.1, -0.05) is 36.4 Å². The Balaban J connectivity index is 1.46. The lowest BCUT2D eigenvalue weighted by Gasteiger charge is -2.06. The van der Waals surface area contributed by atoms with Gasteiger partial charge in [-0.15, -0.1) is 0 Å². The van der Waals surface area contributed by atoms with Gasteiger partial charge in [-0.05, 0) is 43.2 Å². The normalized spacial score (nSPS) is 10.5. The Morgan fingerprint density at radius 2 is 1.67 bits per heavy atom. The number of amides is 1. The summed E-state index contributed by atoms with van der Waals surface area (Å²) < 4.78 is 23.3. The number of hydrogen-bond donors (Lipinski definition) is 1. The molecule has 0 spiro atoms. The number of furan rings is 1. The molecular formula is C23H20FNO5. The molecule has 1 heterocycles. The van der Waals surface area contributed by atoms with Crippen LogP contribution in [-0.2, 0) is 16.0 Å². The van der Waals surface area contributed by atoms with Gasteiger partial charge in [-0.3, -0.25) is 9.59 Å². The van der Waals surface area contributed by atoms with E-state index in [1.54, 1.807) is 42.5 Å². The summed E-state index contributed by atoms with van der Waals surface area (Å²) in [6.07, 6.45) is 0.532. The van der Waals surface area contributed by atoms with Gasteiger partial charge in [0, 0.05) is 17.7 Å². The standard InChI is InChI=1S/C23H20FNO5/c1-15(26)17-4-6-18(7-5-17)20-10-11-21(30-20)23(28)29-14-22(27)25-13-12-16-2-8-19(24)9-3-16/h2-11H,12-14H2,1H3,(H,25,27). The van der Waals surface area contributed by atoms with Gasteiger partial charge in [0.2, 0.25) is 5.76 Å². The zero-order valence-corrected chi connectivity index (χ0v) is 16.3. The summed E-state index contributed by atoms with van der Waals surface area (Å²) >= 11 is 0. The van der Waals surface area contributed by atoms with E-state index in [1.165, 1.54) is 25.1 Å². The molecular weight excluding hydrogens is 389 g/mol. The third kappa shape index (κ3) is 5.64. The Morgan fingerprint density at radius 1 is 0.967 bits per heavy atom. The predicted molar refractivity (Wildman–Crippen MR) is 108 cm³/mol. The summed E-state index contributed by atoms with van der Waals surface area (Å²) in [5.41, 5.74) is 2.17. The van der Waals surface area contributed by atoms with Crippen molar-refractivity contribution in [2.24, 2.45) is 0 Å². The SMILES string of the molecule is CC(=O)c1ccc(-c2ccc(C(=O)OCC(=O)NCCc3ccc(F)cc3)o2)cc1. The third-order valence-corrected chi connectivity index (χ3v) is 4.37. The number of carbonyl (C=O) groups excluding carboxylic acids is 3. The van der Waals surface area contributed by atoms with Crippen molar-refractivity contribution in [3.05, 3.63) is 83.4 Å². The molecule has 6 nitrogen and oxygen atoms in total. The number of carbonyl (C=O) groups is 3. The second-order valence-corrected chi connectivity index (χ2v) is 6.60. The molecule has 0 aliphatic carbocycles. The second kappa shape index (κ2) is 9.65. The maximum absolute atomic E-state index is 12.9. The number of hydrogen-bond acceptors (Lipinski definition) is 5. The van der Waals surface area contributed by atoms with Crippen LogP contribution < -0.4 is 5.32 Å². The van der Waals surface area contributed by atoms with Gasteiger partial charge in [-0.2, -0.15) is 0 Å². The summed E-state index contributed by atoms with van der Waals surface area (Å²) in [5.74, 6) is -1.14. The Labute approximate surface area is 172 Å². The van der Waals surface area contributed by atoms with Crippen LogP contribution in [-0.4, -0.2) is 30.8 Å². The van der Waals surface area contributed by atoms with Crippen LogP contribution in [0.15, 0.2) is 65.1 Å². The lowest BCUT2D eigenvalue weighted by Crippen LogP contribution is -2.30. The van der Waals surface area contributed by atoms with Crippen LogP contribution in [0.1, 0.15) is 33.4 Å². The molecule has 0 radical (unpaired) electrons. The Bertz CT molecular complexity index is 1040. The molecule has 0 saturated carbocycles. The van der Waals surface area contributed by atoms with Crippen molar-refractivity contribution in [3.8, 4) is 11.3 Å². The molecule has 154 valence electrons. The molecule has 0 fully saturated rings. The molecule has 1 N–H and O–H groups in total. The van der Waals surface area contributed by atoms with Gasteiger partial charge < -0.3 is 14.5 Å². The Morgan fingerprint density at radius 3 is 2.33 bits per heavy atom. The summed E-state index contributed by atoms with van der Waals surface area (Å²) in [6, 6.07) is 15.9. The Hall–Kier alpha value is -3.74. The van der Waals surface area contributed by atoms with E-state index in [0.717, 1.165) is 5.56 Å². The quantitative estimate of drug-likeness (QED) is 0.452. The largest absolute Gasteiger partial charge is 0.450 e. The van der Waals surface area contributed by atoms with Gasteiger partial charge >= 0.3 is 5.97 Å². The van der Waals surface area contributed by atoms with E-state index in [9.17, 15) is 18.8 Å². The minimum absolute atomic E-state index is 0.0280. The first kappa shape index (κ1) is 21.0. The first-order valence-electron chi connectivity index (χ1n) is 9.32. The molecule has 0 aliphatic heterocycles. The fourth-order valence-corrected chi connectivity index (χ4v) is 2.72. The molecule has 1 amide bonds. The first-order chi connectivity index (χ1) is 14.4. The Kier molecular flexibility index (Phi) is 6.75. The summed E-state index contributed by atoms with van der Waals surface area (Å²) in [4.78, 5) is 35.3. The number of ketones is 1. The van der Waals surface area contributed by atoms with Crippen molar-refractivity contribution in [1.82, 2.24) is 5.32 Å².